The topological polar surface area (TPSA) is 81.0 Å². The number of hydrogen-bond donors (Lipinski definition) is 0. The lowest BCUT2D eigenvalue weighted by molar-refractivity contribution is 0.195. The van der Waals surface area contributed by atoms with E-state index >= 15 is 0 Å². The van der Waals surface area contributed by atoms with Gasteiger partial charge in [0, 0.05) is 18.1 Å². The Hall–Kier alpha value is -3.07. The summed E-state index contributed by atoms with van der Waals surface area (Å²) < 4.78 is 27.7. The minimum absolute atomic E-state index is 0.245. The molecule has 0 N–H and O–H groups in total. The largest absolute Gasteiger partial charge is 0.285 e. The van der Waals surface area contributed by atoms with Crippen molar-refractivity contribution in [3.63, 3.8) is 0 Å². The molecular weight excluding hydrogens is 470 g/mol. The van der Waals surface area contributed by atoms with Crippen molar-refractivity contribution < 1.29 is 8.42 Å². The Morgan fingerprint density at radius 1 is 0.971 bits per heavy atom. The fourth-order valence-electron chi connectivity index (χ4n) is 4.39. The Morgan fingerprint density at radius 3 is 2.41 bits per heavy atom. The first kappa shape index (κ1) is 22.7. The monoisotopic (exact) mass is 493 g/mol. The number of benzene rings is 3. The molecule has 2 heterocycles. The third kappa shape index (κ3) is 4.61. The summed E-state index contributed by atoms with van der Waals surface area (Å²) in [5, 5.41) is 12.9. The summed E-state index contributed by atoms with van der Waals surface area (Å²) in [5.41, 5.74) is 4.52. The Kier molecular flexibility index (Phi) is 6.20. The lowest BCUT2D eigenvalue weighted by Crippen LogP contribution is -2.36. The Morgan fingerprint density at radius 2 is 1.68 bits per heavy atom. The molecule has 9 heteroatoms. The molecule has 0 fully saturated rings. The van der Waals surface area contributed by atoms with E-state index in [2.05, 4.69) is 38.6 Å². The predicted octanol–water partition coefficient (Wildman–Crippen LogP) is 4.21. The van der Waals surface area contributed by atoms with Crippen LogP contribution in [0.3, 0.4) is 0 Å². The smallest absolute Gasteiger partial charge is 0.198 e. The highest BCUT2D eigenvalue weighted by molar-refractivity contribution is 7.90. The van der Waals surface area contributed by atoms with Gasteiger partial charge in [0.05, 0.1) is 10.9 Å². The highest BCUT2D eigenvalue weighted by Gasteiger charge is 2.31. The number of hydrogen-bond acceptors (Lipinski definition) is 6. The standard InChI is InChI=1S/C25H24ClN5O2S/c1-18-6-12-23(13-7-18)34(32,33)17-31-25(27-28-29-31)24(20-8-10-22(26)11-9-20)30-15-14-19-4-2-3-5-21(19)16-30/h2-13,24H,14-17H2,1H3/t24-/m0/s1. The molecule has 0 saturated heterocycles. The van der Waals surface area contributed by atoms with Crippen LogP contribution in [0.15, 0.2) is 77.7 Å². The van der Waals surface area contributed by atoms with E-state index in [-0.39, 0.29) is 16.8 Å². The molecule has 1 aromatic heterocycles. The quantitative estimate of drug-likeness (QED) is 0.400. The first-order chi connectivity index (χ1) is 16.4. The van der Waals surface area contributed by atoms with Gasteiger partial charge in [0.2, 0.25) is 0 Å². The van der Waals surface area contributed by atoms with Gasteiger partial charge in [0.15, 0.2) is 21.5 Å². The van der Waals surface area contributed by atoms with Crippen LogP contribution in [0.2, 0.25) is 5.02 Å². The summed E-state index contributed by atoms with van der Waals surface area (Å²) in [6, 6.07) is 22.4. The number of aryl methyl sites for hydroxylation is 1. The second-order valence-electron chi connectivity index (χ2n) is 8.54. The van der Waals surface area contributed by atoms with Crippen LogP contribution < -0.4 is 0 Å². The van der Waals surface area contributed by atoms with E-state index in [1.165, 1.54) is 15.8 Å². The normalized spacial score (nSPS) is 15.1. The van der Waals surface area contributed by atoms with E-state index < -0.39 is 9.84 Å². The fourth-order valence-corrected chi connectivity index (χ4v) is 5.72. The van der Waals surface area contributed by atoms with Crippen molar-refractivity contribution in [1.82, 2.24) is 25.1 Å². The summed E-state index contributed by atoms with van der Waals surface area (Å²) in [6.45, 7) is 3.42. The highest BCUT2D eigenvalue weighted by Crippen LogP contribution is 2.33. The number of rotatable bonds is 6. The van der Waals surface area contributed by atoms with E-state index in [0.29, 0.717) is 17.4 Å². The van der Waals surface area contributed by atoms with Gasteiger partial charge in [-0.3, -0.25) is 4.90 Å². The molecule has 1 aliphatic rings. The van der Waals surface area contributed by atoms with Crippen LogP contribution in [-0.2, 0) is 28.7 Å². The summed E-state index contributed by atoms with van der Waals surface area (Å²) in [5.74, 6) is 0.143. The summed E-state index contributed by atoms with van der Waals surface area (Å²) in [6.07, 6.45) is 0.892. The Balaban J connectivity index is 1.53. The predicted molar refractivity (Wildman–Crippen MR) is 130 cm³/mol. The van der Waals surface area contributed by atoms with Gasteiger partial charge in [0.25, 0.3) is 0 Å². The van der Waals surface area contributed by atoms with E-state index in [1.54, 1.807) is 24.3 Å². The molecule has 0 spiro atoms. The molecule has 0 unspecified atom stereocenters. The molecule has 7 nitrogen and oxygen atoms in total. The number of tetrazole rings is 1. The van der Waals surface area contributed by atoms with Crippen molar-refractivity contribution in [1.29, 1.82) is 0 Å². The van der Waals surface area contributed by atoms with E-state index in [0.717, 1.165) is 24.1 Å². The Bertz CT molecular complexity index is 1400. The van der Waals surface area contributed by atoms with Crippen LogP contribution in [0.5, 0.6) is 0 Å². The van der Waals surface area contributed by atoms with Crippen molar-refractivity contribution in [2.24, 2.45) is 0 Å². The second kappa shape index (κ2) is 9.29. The second-order valence-corrected chi connectivity index (χ2v) is 10.9. The van der Waals surface area contributed by atoms with E-state index in [1.807, 2.05) is 37.3 Å². The van der Waals surface area contributed by atoms with Crippen molar-refractivity contribution in [3.8, 4) is 0 Å². The fraction of sp³-hybridized carbons (Fsp3) is 0.240. The number of fused-ring (bicyclic) bond motifs is 1. The third-order valence-electron chi connectivity index (χ3n) is 6.19. The van der Waals surface area contributed by atoms with Crippen molar-refractivity contribution in [2.75, 3.05) is 6.54 Å². The zero-order valence-corrected chi connectivity index (χ0v) is 20.2. The van der Waals surface area contributed by atoms with Crippen molar-refractivity contribution in [3.05, 3.63) is 106 Å². The molecule has 3 aromatic carbocycles. The molecule has 0 radical (unpaired) electrons. The van der Waals surface area contributed by atoms with Gasteiger partial charge in [-0.15, -0.1) is 5.10 Å². The summed E-state index contributed by atoms with van der Waals surface area (Å²) in [4.78, 5) is 2.53. The SMILES string of the molecule is Cc1ccc(S(=O)(=O)Cn2nnnc2[C@H](c2ccc(Cl)cc2)N2CCc3ccccc3C2)cc1. The molecule has 1 aliphatic heterocycles. The van der Waals surface area contributed by atoms with Gasteiger partial charge >= 0.3 is 0 Å². The van der Waals surface area contributed by atoms with Gasteiger partial charge in [-0.05, 0) is 64.7 Å². The zero-order chi connectivity index (χ0) is 23.7. The minimum Gasteiger partial charge on any atom is -0.285 e. The van der Waals surface area contributed by atoms with Crippen LogP contribution in [0.25, 0.3) is 0 Å². The maximum absolute atomic E-state index is 13.2. The van der Waals surface area contributed by atoms with Crippen molar-refractivity contribution in [2.45, 2.75) is 36.7 Å². The van der Waals surface area contributed by atoms with Gasteiger partial charge in [-0.2, -0.15) is 0 Å². The molecule has 0 amide bonds. The molecule has 5 rings (SSSR count). The lowest BCUT2D eigenvalue weighted by atomic mass is 9.96. The average Bonchev–Trinajstić information content (AvgIpc) is 3.27. The summed E-state index contributed by atoms with van der Waals surface area (Å²) in [7, 11) is -3.64. The van der Waals surface area contributed by atoms with Gasteiger partial charge in [-0.25, -0.2) is 13.1 Å². The number of halogens is 1. The van der Waals surface area contributed by atoms with Crippen molar-refractivity contribution >= 4 is 21.4 Å². The van der Waals surface area contributed by atoms with Crippen LogP contribution >= 0.6 is 11.6 Å². The van der Waals surface area contributed by atoms with Crippen LogP contribution in [0.1, 0.15) is 34.1 Å². The van der Waals surface area contributed by atoms with Gasteiger partial charge in [0.1, 0.15) is 0 Å². The summed E-state index contributed by atoms with van der Waals surface area (Å²) >= 11 is 6.15. The maximum atomic E-state index is 13.2. The highest BCUT2D eigenvalue weighted by atomic mass is 35.5. The minimum atomic E-state index is -3.64. The molecular formula is C25H24ClN5O2S. The molecule has 1 atom stereocenters. The van der Waals surface area contributed by atoms with Crippen LogP contribution in [0, 0.1) is 6.92 Å². The molecule has 0 saturated carbocycles. The number of sulfone groups is 1. The zero-order valence-electron chi connectivity index (χ0n) is 18.7. The van der Waals surface area contributed by atoms with Crippen LogP contribution in [0.4, 0.5) is 0 Å². The van der Waals surface area contributed by atoms with Gasteiger partial charge < -0.3 is 0 Å². The molecule has 0 bridgehead atoms. The van der Waals surface area contributed by atoms with E-state index in [9.17, 15) is 8.42 Å². The Labute approximate surface area is 203 Å². The molecule has 34 heavy (non-hydrogen) atoms. The number of nitrogens with zero attached hydrogens (tertiary/aromatic N) is 5. The maximum Gasteiger partial charge on any atom is 0.198 e. The molecule has 174 valence electrons. The average molecular weight is 494 g/mol. The van der Waals surface area contributed by atoms with Gasteiger partial charge in [-0.1, -0.05) is 65.7 Å². The first-order valence-electron chi connectivity index (χ1n) is 11.0. The lowest BCUT2D eigenvalue weighted by Gasteiger charge is -2.35. The molecule has 4 aromatic rings. The van der Waals surface area contributed by atoms with E-state index in [4.69, 9.17) is 11.6 Å². The number of aromatic nitrogens is 4. The third-order valence-corrected chi connectivity index (χ3v) is 8.01. The first-order valence-corrected chi connectivity index (χ1v) is 13.1. The molecule has 0 aliphatic carbocycles. The van der Waals surface area contributed by atoms with Crippen LogP contribution in [-0.4, -0.2) is 40.1 Å².